The Bertz CT molecular complexity index is 864. The Hall–Kier alpha value is -2.90. The maximum Gasteiger partial charge on any atom is 0.237 e. The molecule has 0 spiro atoms. The van der Waals surface area contributed by atoms with E-state index >= 15 is 0 Å². The Morgan fingerprint density at radius 3 is 2.31 bits per heavy atom. The first-order valence-electron chi connectivity index (χ1n) is 7.74. The molecule has 2 aromatic carbocycles. The van der Waals surface area contributed by atoms with E-state index < -0.39 is 46.9 Å². The summed E-state index contributed by atoms with van der Waals surface area (Å²) in [5.74, 6) is -8.72. The first-order chi connectivity index (χ1) is 12.3. The number of likely N-dealkylation sites (tertiary alicyclic amines) is 1. The number of hydrogen-bond acceptors (Lipinski definition) is 2. The number of anilines is 1. The first-order valence-corrected chi connectivity index (χ1v) is 7.74. The van der Waals surface area contributed by atoms with Crippen molar-refractivity contribution in [2.24, 2.45) is 5.92 Å². The van der Waals surface area contributed by atoms with Gasteiger partial charge in [0.05, 0.1) is 5.69 Å². The molecule has 2 aromatic rings. The van der Waals surface area contributed by atoms with Gasteiger partial charge < -0.3 is 10.2 Å². The van der Waals surface area contributed by atoms with Crippen molar-refractivity contribution in [3.63, 3.8) is 0 Å². The highest BCUT2D eigenvalue weighted by atomic mass is 19.2. The summed E-state index contributed by atoms with van der Waals surface area (Å²) >= 11 is 0. The van der Waals surface area contributed by atoms with Crippen LogP contribution in [0.4, 0.5) is 23.2 Å². The molecule has 2 amide bonds. The van der Waals surface area contributed by atoms with Crippen molar-refractivity contribution in [2.75, 3.05) is 18.9 Å². The predicted octanol–water partition coefficient (Wildman–Crippen LogP) is 3.05. The normalized spacial score (nSPS) is 19.7. The third-order valence-electron chi connectivity index (χ3n) is 4.36. The summed E-state index contributed by atoms with van der Waals surface area (Å²) in [6.07, 6.45) is 0. The van der Waals surface area contributed by atoms with Gasteiger partial charge in [-0.25, -0.2) is 17.6 Å². The molecule has 3 rings (SSSR count). The van der Waals surface area contributed by atoms with Gasteiger partial charge in [0.25, 0.3) is 0 Å². The summed E-state index contributed by atoms with van der Waals surface area (Å²) in [7, 11) is 1.43. The van der Waals surface area contributed by atoms with Crippen molar-refractivity contribution < 1.29 is 27.2 Å². The molecule has 2 atom stereocenters. The molecule has 1 heterocycles. The van der Waals surface area contributed by atoms with Crippen molar-refractivity contribution in [2.45, 2.75) is 5.92 Å². The fraction of sp³-hybridized carbons (Fsp3) is 0.222. The van der Waals surface area contributed by atoms with Crippen LogP contribution < -0.4 is 5.32 Å². The highest BCUT2D eigenvalue weighted by Crippen LogP contribution is 2.35. The number of para-hydroxylation sites is 1. The first kappa shape index (κ1) is 17.9. The third kappa shape index (κ3) is 3.14. The standard InChI is InChI=1S/C18H14F4N2O2/c1-24-8-10(9-6-12(20)16(22)13(21)7-9)15(18(24)26)17(25)23-14-5-3-2-4-11(14)19/h2-7,10,15H,8H2,1H3,(H,23,25)/t10-,15+/m1/s1. The van der Waals surface area contributed by atoms with E-state index in [-0.39, 0.29) is 17.8 Å². The molecule has 1 aliphatic heterocycles. The van der Waals surface area contributed by atoms with Crippen LogP contribution in [0.1, 0.15) is 11.5 Å². The van der Waals surface area contributed by atoms with Crippen LogP contribution in [0.15, 0.2) is 36.4 Å². The van der Waals surface area contributed by atoms with E-state index in [4.69, 9.17) is 0 Å². The number of carbonyl (C=O) groups is 2. The lowest BCUT2D eigenvalue weighted by molar-refractivity contribution is -0.135. The van der Waals surface area contributed by atoms with Gasteiger partial charge in [-0.3, -0.25) is 9.59 Å². The fourth-order valence-corrected chi connectivity index (χ4v) is 3.05. The second kappa shape index (κ2) is 6.78. The molecule has 0 unspecified atom stereocenters. The molecule has 4 nitrogen and oxygen atoms in total. The Morgan fingerprint density at radius 1 is 1.08 bits per heavy atom. The number of rotatable bonds is 3. The number of benzene rings is 2. The van der Waals surface area contributed by atoms with Crippen LogP contribution in [0.2, 0.25) is 0 Å². The lowest BCUT2D eigenvalue weighted by atomic mass is 9.87. The summed E-state index contributed by atoms with van der Waals surface area (Å²) in [6.45, 7) is 0.0126. The Balaban J connectivity index is 1.94. The minimum Gasteiger partial charge on any atom is -0.344 e. The number of likely N-dealkylation sites (N-methyl/N-ethyl adjacent to an activating group) is 1. The number of nitrogens with zero attached hydrogens (tertiary/aromatic N) is 1. The van der Waals surface area contributed by atoms with Crippen molar-refractivity contribution in [3.8, 4) is 0 Å². The fourth-order valence-electron chi connectivity index (χ4n) is 3.05. The van der Waals surface area contributed by atoms with E-state index in [9.17, 15) is 27.2 Å². The van der Waals surface area contributed by atoms with Crippen molar-refractivity contribution in [1.82, 2.24) is 4.90 Å². The Labute approximate surface area is 146 Å². The third-order valence-corrected chi connectivity index (χ3v) is 4.36. The van der Waals surface area contributed by atoms with Crippen LogP contribution in [0, 0.1) is 29.2 Å². The molecular formula is C18H14F4N2O2. The highest BCUT2D eigenvalue weighted by molar-refractivity contribution is 6.08. The Kier molecular flexibility index (Phi) is 4.67. The number of halogens is 4. The van der Waals surface area contributed by atoms with Crippen LogP contribution in [-0.4, -0.2) is 30.3 Å². The van der Waals surface area contributed by atoms with Gasteiger partial charge in [-0.1, -0.05) is 12.1 Å². The van der Waals surface area contributed by atoms with Crippen LogP contribution >= 0.6 is 0 Å². The van der Waals surface area contributed by atoms with E-state index in [0.29, 0.717) is 0 Å². The van der Waals surface area contributed by atoms with E-state index in [2.05, 4.69) is 5.32 Å². The number of carbonyl (C=O) groups excluding carboxylic acids is 2. The molecule has 0 aliphatic carbocycles. The summed E-state index contributed by atoms with van der Waals surface area (Å²) in [4.78, 5) is 26.1. The molecule has 26 heavy (non-hydrogen) atoms. The maximum atomic E-state index is 13.7. The molecule has 0 radical (unpaired) electrons. The van der Waals surface area contributed by atoms with Crippen LogP contribution in [-0.2, 0) is 9.59 Å². The van der Waals surface area contributed by atoms with Gasteiger partial charge in [-0.05, 0) is 29.8 Å². The van der Waals surface area contributed by atoms with E-state index in [0.717, 1.165) is 18.2 Å². The van der Waals surface area contributed by atoms with Gasteiger partial charge in [-0.15, -0.1) is 0 Å². The molecule has 1 fully saturated rings. The molecule has 1 saturated heterocycles. The molecule has 0 saturated carbocycles. The van der Waals surface area contributed by atoms with Crippen LogP contribution in [0.25, 0.3) is 0 Å². The average molecular weight is 366 g/mol. The summed E-state index contributed by atoms with van der Waals surface area (Å²) < 4.78 is 54.0. The van der Waals surface area contributed by atoms with Crippen molar-refractivity contribution >= 4 is 17.5 Å². The maximum absolute atomic E-state index is 13.7. The molecule has 0 aromatic heterocycles. The number of hydrogen-bond donors (Lipinski definition) is 1. The second-order valence-electron chi connectivity index (χ2n) is 6.07. The number of nitrogens with one attached hydrogen (secondary N) is 1. The topological polar surface area (TPSA) is 49.4 Å². The zero-order valence-electron chi connectivity index (χ0n) is 13.6. The zero-order valence-corrected chi connectivity index (χ0v) is 13.6. The molecule has 1 aliphatic rings. The van der Waals surface area contributed by atoms with E-state index in [1.165, 1.54) is 30.1 Å². The van der Waals surface area contributed by atoms with Gasteiger partial charge in [0.2, 0.25) is 11.8 Å². The highest BCUT2D eigenvalue weighted by Gasteiger charge is 2.44. The lowest BCUT2D eigenvalue weighted by Crippen LogP contribution is -2.33. The lowest BCUT2D eigenvalue weighted by Gasteiger charge is -2.17. The van der Waals surface area contributed by atoms with Crippen LogP contribution in [0.5, 0.6) is 0 Å². The van der Waals surface area contributed by atoms with Gasteiger partial charge in [0.15, 0.2) is 17.5 Å². The second-order valence-corrected chi connectivity index (χ2v) is 6.07. The quantitative estimate of drug-likeness (QED) is 0.516. The molecule has 8 heteroatoms. The van der Waals surface area contributed by atoms with Crippen molar-refractivity contribution in [3.05, 3.63) is 65.2 Å². The van der Waals surface area contributed by atoms with Crippen molar-refractivity contribution in [1.29, 1.82) is 0 Å². The largest absolute Gasteiger partial charge is 0.344 e. The minimum atomic E-state index is -1.63. The number of amides is 2. The summed E-state index contributed by atoms with van der Waals surface area (Å²) in [5, 5.41) is 2.32. The van der Waals surface area contributed by atoms with Gasteiger partial charge in [0.1, 0.15) is 11.7 Å². The van der Waals surface area contributed by atoms with E-state index in [1.807, 2.05) is 0 Å². The molecule has 0 bridgehead atoms. The summed E-state index contributed by atoms with van der Waals surface area (Å²) in [5.41, 5.74) is -0.136. The average Bonchev–Trinajstić information content (AvgIpc) is 2.89. The molecule has 136 valence electrons. The molecular weight excluding hydrogens is 352 g/mol. The monoisotopic (exact) mass is 366 g/mol. The smallest absolute Gasteiger partial charge is 0.237 e. The van der Waals surface area contributed by atoms with Gasteiger partial charge in [0, 0.05) is 19.5 Å². The SMILES string of the molecule is CN1C[C@H](c2cc(F)c(F)c(F)c2)[C@@H](C(=O)Nc2ccccc2F)C1=O. The van der Waals surface area contributed by atoms with E-state index in [1.54, 1.807) is 0 Å². The van der Waals surface area contributed by atoms with Gasteiger partial charge >= 0.3 is 0 Å². The zero-order chi connectivity index (χ0) is 19.0. The minimum absolute atomic E-state index is 0.0126. The molecule has 1 N–H and O–H groups in total. The predicted molar refractivity (Wildman–Crippen MR) is 85.2 cm³/mol. The summed E-state index contributed by atoms with van der Waals surface area (Å²) in [6, 6.07) is 6.93. The van der Waals surface area contributed by atoms with Gasteiger partial charge in [-0.2, -0.15) is 0 Å². The Morgan fingerprint density at radius 2 is 1.69 bits per heavy atom. The van der Waals surface area contributed by atoms with Crippen LogP contribution in [0.3, 0.4) is 0 Å².